The van der Waals surface area contributed by atoms with Gasteiger partial charge in [-0.3, -0.25) is 0 Å². The minimum absolute atomic E-state index is 1.11. The largest absolute Gasteiger partial charge is 0.0505 e. The van der Waals surface area contributed by atoms with Crippen LogP contribution in [0.5, 0.6) is 0 Å². The van der Waals surface area contributed by atoms with Gasteiger partial charge in [0.05, 0.1) is 0 Å². The van der Waals surface area contributed by atoms with E-state index in [0.717, 1.165) is 25.7 Å². The second kappa shape index (κ2) is 4.94. The Kier molecular flexibility index (Phi) is 3.45. The molecule has 0 nitrogen and oxygen atoms in total. The lowest BCUT2D eigenvalue weighted by atomic mass is 9.75. The zero-order valence-corrected chi connectivity index (χ0v) is 16.8. The molecule has 0 unspecified atom stereocenters. The molecule has 0 radical (unpaired) electrons. The maximum atomic E-state index is 3.75. The predicted octanol–water partition coefficient (Wildman–Crippen LogP) is 6.60. The molecule has 0 saturated heterocycles. The molecule has 0 spiro atoms. The van der Waals surface area contributed by atoms with Crippen molar-refractivity contribution in [3.05, 3.63) is 52.3 Å². The molecule has 0 fully saturated rings. The fourth-order valence-corrected chi connectivity index (χ4v) is 6.61. The summed E-state index contributed by atoms with van der Waals surface area (Å²) in [5.74, 6) is 0. The number of hydrogen-bond donors (Lipinski definition) is 0. The standard InChI is InChI=1S/C16H10Br4/c17-11-5-13(19)9-3-4-10-14(20)6-12(18)8-2-1-7(11)15(9)16(8)10/h5-6H,1-4H2. The minimum atomic E-state index is 1.11. The van der Waals surface area contributed by atoms with Gasteiger partial charge in [-0.25, -0.2) is 0 Å². The molecule has 102 valence electrons. The lowest BCUT2D eigenvalue weighted by Gasteiger charge is -2.32. The summed E-state index contributed by atoms with van der Waals surface area (Å²) in [5, 5.41) is 0. The number of halogens is 4. The molecule has 0 aliphatic heterocycles. The molecular formula is C16H10Br4. The quantitative estimate of drug-likeness (QED) is 0.366. The summed E-state index contributed by atoms with van der Waals surface area (Å²) >= 11 is 15.0. The first kappa shape index (κ1) is 14.0. The Morgan fingerprint density at radius 3 is 1.00 bits per heavy atom. The molecule has 0 N–H and O–H groups in total. The van der Waals surface area contributed by atoms with Crippen LogP contribution in [0.1, 0.15) is 22.3 Å². The van der Waals surface area contributed by atoms with Gasteiger partial charge < -0.3 is 0 Å². The van der Waals surface area contributed by atoms with Crippen LogP contribution < -0.4 is 0 Å². The van der Waals surface area contributed by atoms with Gasteiger partial charge in [-0.2, -0.15) is 0 Å². The van der Waals surface area contributed by atoms with Crippen molar-refractivity contribution in [2.24, 2.45) is 0 Å². The van der Waals surface area contributed by atoms with Gasteiger partial charge in [0.2, 0.25) is 0 Å². The average molecular weight is 522 g/mol. The molecule has 0 amide bonds. The summed E-state index contributed by atoms with van der Waals surface area (Å²) in [5.41, 5.74) is 8.83. The van der Waals surface area contributed by atoms with Crippen molar-refractivity contribution < 1.29 is 0 Å². The molecule has 4 rings (SSSR count). The summed E-state index contributed by atoms with van der Waals surface area (Å²) in [6.45, 7) is 0. The second-order valence-electron chi connectivity index (χ2n) is 5.34. The van der Waals surface area contributed by atoms with Crippen molar-refractivity contribution in [2.45, 2.75) is 25.7 Å². The molecule has 2 aliphatic carbocycles. The van der Waals surface area contributed by atoms with E-state index in [4.69, 9.17) is 0 Å². The number of rotatable bonds is 0. The van der Waals surface area contributed by atoms with Crippen molar-refractivity contribution in [3.63, 3.8) is 0 Å². The van der Waals surface area contributed by atoms with Crippen LogP contribution >= 0.6 is 63.7 Å². The van der Waals surface area contributed by atoms with Gasteiger partial charge in [-0.1, -0.05) is 63.7 Å². The van der Waals surface area contributed by atoms with Crippen LogP contribution in [0.25, 0.3) is 11.1 Å². The zero-order chi connectivity index (χ0) is 14.0. The molecule has 0 bridgehead atoms. The van der Waals surface area contributed by atoms with Crippen molar-refractivity contribution in [3.8, 4) is 11.1 Å². The lowest BCUT2D eigenvalue weighted by Crippen LogP contribution is -2.16. The summed E-state index contributed by atoms with van der Waals surface area (Å²) in [7, 11) is 0. The third-order valence-corrected chi connectivity index (χ3v) is 7.20. The fraction of sp³-hybridized carbons (Fsp3) is 0.250. The van der Waals surface area contributed by atoms with Gasteiger partial charge >= 0.3 is 0 Å². The van der Waals surface area contributed by atoms with E-state index >= 15 is 0 Å². The molecule has 0 atom stereocenters. The van der Waals surface area contributed by atoms with Gasteiger partial charge in [0.25, 0.3) is 0 Å². The van der Waals surface area contributed by atoms with Crippen LogP contribution in [0.3, 0.4) is 0 Å². The van der Waals surface area contributed by atoms with E-state index in [1.165, 1.54) is 51.3 Å². The third kappa shape index (κ3) is 1.87. The Labute approximate surface area is 151 Å². The van der Waals surface area contributed by atoms with Crippen molar-refractivity contribution in [1.29, 1.82) is 0 Å². The highest BCUT2D eigenvalue weighted by atomic mass is 79.9. The Morgan fingerprint density at radius 1 is 0.500 bits per heavy atom. The molecule has 0 aromatic heterocycles. The number of benzene rings is 2. The summed E-state index contributed by atoms with van der Waals surface area (Å²) in [4.78, 5) is 0. The zero-order valence-electron chi connectivity index (χ0n) is 10.5. The molecule has 2 aromatic carbocycles. The third-order valence-electron chi connectivity index (χ3n) is 4.37. The highest BCUT2D eigenvalue weighted by Crippen LogP contribution is 2.50. The molecule has 20 heavy (non-hydrogen) atoms. The summed E-state index contributed by atoms with van der Waals surface area (Å²) < 4.78 is 4.94. The van der Waals surface area contributed by atoms with Crippen LogP contribution in [-0.4, -0.2) is 0 Å². The Bertz CT molecular complexity index is 640. The van der Waals surface area contributed by atoms with Crippen LogP contribution in [0.4, 0.5) is 0 Å². The molecule has 4 heteroatoms. The fourth-order valence-electron chi connectivity index (χ4n) is 3.49. The maximum Gasteiger partial charge on any atom is 0.0225 e. The normalized spacial score (nSPS) is 15.2. The molecule has 0 saturated carbocycles. The van der Waals surface area contributed by atoms with Crippen LogP contribution in [0, 0.1) is 0 Å². The average Bonchev–Trinajstić information content (AvgIpc) is 2.42. The van der Waals surface area contributed by atoms with E-state index in [1.54, 1.807) is 0 Å². The Hall–Kier alpha value is 0.360. The van der Waals surface area contributed by atoms with E-state index in [1.807, 2.05) is 0 Å². The Balaban J connectivity index is 2.19. The van der Waals surface area contributed by atoms with Gasteiger partial charge in [0.1, 0.15) is 0 Å². The van der Waals surface area contributed by atoms with E-state index in [-0.39, 0.29) is 0 Å². The van der Waals surface area contributed by atoms with Crippen LogP contribution in [0.15, 0.2) is 30.0 Å². The van der Waals surface area contributed by atoms with E-state index in [2.05, 4.69) is 75.9 Å². The molecule has 2 aliphatic rings. The minimum Gasteiger partial charge on any atom is -0.0505 e. The number of hydrogen-bond acceptors (Lipinski definition) is 0. The molecule has 0 heterocycles. The molecule has 2 aromatic rings. The first-order valence-corrected chi connectivity index (χ1v) is 9.75. The smallest absolute Gasteiger partial charge is 0.0225 e. The van der Waals surface area contributed by atoms with Crippen molar-refractivity contribution in [2.75, 3.05) is 0 Å². The molecular weight excluding hydrogens is 512 g/mol. The van der Waals surface area contributed by atoms with Crippen molar-refractivity contribution in [1.82, 2.24) is 0 Å². The highest BCUT2D eigenvalue weighted by Gasteiger charge is 2.30. The van der Waals surface area contributed by atoms with E-state index in [9.17, 15) is 0 Å². The Morgan fingerprint density at radius 2 is 0.750 bits per heavy atom. The second-order valence-corrected chi connectivity index (χ2v) is 8.76. The van der Waals surface area contributed by atoms with Crippen molar-refractivity contribution >= 4 is 63.7 Å². The SMILES string of the molecule is Brc1cc(Br)c2c3c1CCc1c(Br)cc(Br)c(c1-3)CC2. The van der Waals surface area contributed by atoms with Gasteiger partial charge in [0, 0.05) is 17.9 Å². The van der Waals surface area contributed by atoms with E-state index < -0.39 is 0 Å². The summed E-state index contributed by atoms with van der Waals surface area (Å²) in [6, 6.07) is 4.44. The predicted molar refractivity (Wildman–Crippen MR) is 97.5 cm³/mol. The first-order chi connectivity index (χ1) is 9.58. The highest BCUT2D eigenvalue weighted by molar-refractivity contribution is 9.11. The van der Waals surface area contributed by atoms with Crippen LogP contribution in [-0.2, 0) is 25.7 Å². The summed E-state index contributed by atoms with van der Waals surface area (Å²) in [6.07, 6.45) is 4.46. The maximum absolute atomic E-state index is 3.75. The van der Waals surface area contributed by atoms with Gasteiger partial charge in [-0.15, -0.1) is 0 Å². The topological polar surface area (TPSA) is 0 Å². The monoisotopic (exact) mass is 518 g/mol. The lowest BCUT2D eigenvalue weighted by molar-refractivity contribution is 0.862. The first-order valence-electron chi connectivity index (χ1n) is 6.57. The van der Waals surface area contributed by atoms with Gasteiger partial charge in [0.15, 0.2) is 0 Å². The van der Waals surface area contributed by atoms with E-state index in [0.29, 0.717) is 0 Å². The van der Waals surface area contributed by atoms with Gasteiger partial charge in [-0.05, 0) is 71.2 Å². The van der Waals surface area contributed by atoms with Crippen LogP contribution in [0.2, 0.25) is 0 Å².